The number of alkyl carbamates (subject to hydrolysis) is 1. The summed E-state index contributed by atoms with van der Waals surface area (Å²) >= 11 is 0. The van der Waals surface area contributed by atoms with E-state index >= 15 is 0 Å². The van der Waals surface area contributed by atoms with Gasteiger partial charge in [0, 0.05) is 32.7 Å². The van der Waals surface area contributed by atoms with Gasteiger partial charge in [0.2, 0.25) is 0 Å². The Morgan fingerprint density at radius 3 is 2.44 bits per heavy atom. The Balaban J connectivity index is 4.65. The molecule has 0 rings (SSSR count). The van der Waals surface area contributed by atoms with Crippen LogP contribution in [0.3, 0.4) is 0 Å². The molecule has 0 fully saturated rings. The summed E-state index contributed by atoms with van der Waals surface area (Å²) < 4.78 is 17.6. The normalized spacial score (nSPS) is 13.6. The van der Waals surface area contributed by atoms with Crippen LogP contribution in [0.4, 0.5) is 9.18 Å². The molecule has 0 radical (unpaired) electrons. The lowest BCUT2D eigenvalue weighted by Crippen LogP contribution is -2.45. The number of aliphatic imine (C=N–C) groups is 1. The highest BCUT2D eigenvalue weighted by Crippen LogP contribution is 2.11. The van der Waals surface area contributed by atoms with E-state index in [0.717, 1.165) is 25.5 Å². The van der Waals surface area contributed by atoms with Gasteiger partial charge in [0.25, 0.3) is 0 Å². The minimum absolute atomic E-state index is 0.00557. The van der Waals surface area contributed by atoms with Crippen LogP contribution in [0.25, 0.3) is 0 Å². The van der Waals surface area contributed by atoms with E-state index in [-0.39, 0.29) is 18.6 Å². The van der Waals surface area contributed by atoms with E-state index in [1.165, 1.54) is 0 Å². The van der Waals surface area contributed by atoms with Crippen LogP contribution in [0.1, 0.15) is 54.4 Å². The third-order valence-corrected chi connectivity index (χ3v) is 3.53. The lowest BCUT2D eigenvalue weighted by atomic mass is 10.0. The minimum atomic E-state index is -0.510. The van der Waals surface area contributed by atoms with Gasteiger partial charge in [0.05, 0.1) is 6.67 Å². The predicted molar refractivity (Wildman–Crippen MR) is 102 cm³/mol. The lowest BCUT2D eigenvalue weighted by molar-refractivity contribution is 0.0486. The number of hydrogen-bond donors (Lipinski definition) is 2. The predicted octanol–water partition coefficient (Wildman–Crippen LogP) is 3.18. The number of carbonyl (C=O) groups excluding carboxylic acids is 1. The number of hydrogen-bond acceptors (Lipinski definition) is 3. The van der Waals surface area contributed by atoms with Crippen molar-refractivity contribution in [1.29, 1.82) is 0 Å². The van der Waals surface area contributed by atoms with Crippen molar-refractivity contribution >= 4 is 12.1 Å². The first-order valence-corrected chi connectivity index (χ1v) is 9.15. The molecule has 0 heterocycles. The number of nitrogens with zero attached hydrogens (tertiary/aromatic N) is 2. The van der Waals surface area contributed by atoms with Crippen molar-refractivity contribution in [3.05, 3.63) is 0 Å². The van der Waals surface area contributed by atoms with Crippen molar-refractivity contribution in [2.24, 2.45) is 10.9 Å². The molecule has 0 aliphatic heterocycles. The van der Waals surface area contributed by atoms with E-state index in [0.29, 0.717) is 13.0 Å². The number of carbonyl (C=O) groups is 1. The summed E-state index contributed by atoms with van der Waals surface area (Å²) in [7, 11) is 1.95. The van der Waals surface area contributed by atoms with E-state index in [9.17, 15) is 9.18 Å². The topological polar surface area (TPSA) is 66.0 Å². The zero-order valence-electron chi connectivity index (χ0n) is 17.0. The molecule has 6 nitrogen and oxygen atoms in total. The fourth-order valence-electron chi connectivity index (χ4n) is 2.18. The molecule has 0 aliphatic rings. The van der Waals surface area contributed by atoms with Gasteiger partial charge in [-0.3, -0.25) is 9.38 Å². The first-order chi connectivity index (χ1) is 11.6. The number of alkyl halides is 1. The molecule has 148 valence electrons. The van der Waals surface area contributed by atoms with E-state index in [2.05, 4.69) is 29.5 Å². The van der Waals surface area contributed by atoms with Crippen LogP contribution < -0.4 is 10.6 Å². The molecule has 2 N–H and O–H groups in total. The Morgan fingerprint density at radius 1 is 1.32 bits per heavy atom. The quantitative estimate of drug-likeness (QED) is 0.376. The summed E-state index contributed by atoms with van der Waals surface area (Å²) in [6, 6.07) is 0.00557. The number of rotatable bonds is 9. The minimum Gasteiger partial charge on any atom is -0.444 e. The van der Waals surface area contributed by atoms with E-state index in [4.69, 9.17) is 4.74 Å². The summed E-state index contributed by atoms with van der Waals surface area (Å²) in [5.41, 5.74) is -0.510. The molecule has 0 saturated carbocycles. The van der Waals surface area contributed by atoms with Gasteiger partial charge in [-0.2, -0.15) is 0 Å². The van der Waals surface area contributed by atoms with Crippen LogP contribution in [0, 0.1) is 5.92 Å². The highest BCUT2D eigenvalue weighted by Gasteiger charge is 2.22. The van der Waals surface area contributed by atoms with Crippen molar-refractivity contribution in [1.82, 2.24) is 15.5 Å². The van der Waals surface area contributed by atoms with Crippen LogP contribution in [0.5, 0.6) is 0 Å². The fourth-order valence-corrected chi connectivity index (χ4v) is 2.18. The van der Waals surface area contributed by atoms with Crippen LogP contribution in [-0.4, -0.2) is 62.0 Å². The van der Waals surface area contributed by atoms with Gasteiger partial charge in [-0.1, -0.05) is 13.8 Å². The molecule has 0 aliphatic carbocycles. The molecule has 1 atom stereocenters. The van der Waals surface area contributed by atoms with Crippen LogP contribution in [0.15, 0.2) is 4.99 Å². The average molecular weight is 361 g/mol. The zero-order chi connectivity index (χ0) is 19.5. The summed E-state index contributed by atoms with van der Waals surface area (Å²) in [6.07, 6.45) is 0.802. The molecule has 25 heavy (non-hydrogen) atoms. The van der Waals surface area contributed by atoms with Crippen molar-refractivity contribution in [2.45, 2.75) is 66.0 Å². The second kappa shape index (κ2) is 11.9. The molecule has 0 saturated heterocycles. The Bertz CT molecular complexity index is 408. The summed E-state index contributed by atoms with van der Waals surface area (Å²) in [4.78, 5) is 18.4. The van der Waals surface area contributed by atoms with Gasteiger partial charge in [0.15, 0.2) is 5.96 Å². The van der Waals surface area contributed by atoms with Crippen LogP contribution in [-0.2, 0) is 4.74 Å². The number of halogens is 1. The molecule has 0 bridgehead atoms. The van der Waals surface area contributed by atoms with Gasteiger partial charge in [0.1, 0.15) is 5.60 Å². The molecule has 7 heteroatoms. The van der Waals surface area contributed by atoms with Crippen molar-refractivity contribution in [2.75, 3.05) is 33.4 Å². The molecule has 0 aromatic carbocycles. The standard InChI is InChI=1S/C18H37FN4O2/c1-8-20-16(21-12-9-11-19)23(7)13-10-15(14(2)3)22-17(24)25-18(4,5)6/h14-15H,8-13H2,1-7H3,(H,20,21)(H,22,24). The third-order valence-electron chi connectivity index (χ3n) is 3.53. The highest BCUT2D eigenvalue weighted by atomic mass is 19.1. The summed E-state index contributed by atoms with van der Waals surface area (Å²) in [5, 5.41) is 6.16. The number of guanidine groups is 1. The number of ether oxygens (including phenoxy) is 1. The molecule has 1 amide bonds. The SMILES string of the molecule is CCNC(=NCCCF)N(C)CCC(NC(=O)OC(C)(C)C)C(C)C. The molecular weight excluding hydrogens is 323 g/mol. The van der Waals surface area contributed by atoms with Crippen LogP contribution in [0.2, 0.25) is 0 Å². The maximum absolute atomic E-state index is 12.3. The number of amides is 1. The van der Waals surface area contributed by atoms with Crippen molar-refractivity contribution in [3.8, 4) is 0 Å². The van der Waals surface area contributed by atoms with Gasteiger partial charge < -0.3 is 20.3 Å². The average Bonchev–Trinajstić information content (AvgIpc) is 2.48. The Labute approximate surface area is 152 Å². The van der Waals surface area contributed by atoms with E-state index < -0.39 is 11.7 Å². The van der Waals surface area contributed by atoms with Crippen molar-refractivity contribution < 1.29 is 13.9 Å². The largest absolute Gasteiger partial charge is 0.444 e. The fraction of sp³-hybridized carbons (Fsp3) is 0.889. The Hall–Kier alpha value is -1.53. The van der Waals surface area contributed by atoms with Gasteiger partial charge in [-0.05, 0) is 46.5 Å². The Morgan fingerprint density at radius 2 is 1.96 bits per heavy atom. The van der Waals surface area contributed by atoms with E-state index in [1.807, 2.05) is 39.6 Å². The molecular formula is C18H37FN4O2. The first kappa shape index (κ1) is 23.5. The zero-order valence-corrected chi connectivity index (χ0v) is 17.0. The summed E-state index contributed by atoms with van der Waals surface area (Å²) in [6.45, 7) is 13.3. The molecule has 1 unspecified atom stereocenters. The number of nitrogens with one attached hydrogen (secondary N) is 2. The highest BCUT2D eigenvalue weighted by molar-refractivity contribution is 5.79. The maximum atomic E-state index is 12.3. The summed E-state index contributed by atoms with van der Waals surface area (Å²) in [5.74, 6) is 1.04. The van der Waals surface area contributed by atoms with Crippen molar-refractivity contribution in [3.63, 3.8) is 0 Å². The van der Waals surface area contributed by atoms with Gasteiger partial charge >= 0.3 is 6.09 Å². The Kier molecular flexibility index (Phi) is 11.2. The monoisotopic (exact) mass is 360 g/mol. The molecule has 0 aromatic rings. The first-order valence-electron chi connectivity index (χ1n) is 9.15. The second-order valence-corrected chi connectivity index (χ2v) is 7.49. The molecule has 0 spiro atoms. The lowest BCUT2D eigenvalue weighted by Gasteiger charge is -2.28. The van der Waals surface area contributed by atoms with Gasteiger partial charge in [-0.15, -0.1) is 0 Å². The second-order valence-electron chi connectivity index (χ2n) is 7.49. The molecule has 0 aromatic heterocycles. The third kappa shape index (κ3) is 11.6. The smallest absolute Gasteiger partial charge is 0.407 e. The van der Waals surface area contributed by atoms with Crippen LogP contribution >= 0.6 is 0 Å². The van der Waals surface area contributed by atoms with Gasteiger partial charge in [-0.25, -0.2) is 4.79 Å². The van der Waals surface area contributed by atoms with E-state index in [1.54, 1.807) is 0 Å². The maximum Gasteiger partial charge on any atom is 0.407 e.